The van der Waals surface area contributed by atoms with Crippen LogP contribution in [0.1, 0.15) is 17.5 Å². The number of furan rings is 1. The Morgan fingerprint density at radius 1 is 1.11 bits per heavy atom. The molecule has 2 rings (SSSR count). The van der Waals surface area contributed by atoms with E-state index in [-0.39, 0.29) is 36.0 Å². The van der Waals surface area contributed by atoms with Gasteiger partial charge < -0.3 is 29.8 Å². The van der Waals surface area contributed by atoms with E-state index in [9.17, 15) is 4.79 Å². The summed E-state index contributed by atoms with van der Waals surface area (Å²) in [6.07, 6.45) is 1.37. The fourth-order valence-corrected chi connectivity index (χ4v) is 2.29. The molecule has 1 aromatic carbocycles. The third kappa shape index (κ3) is 7.67. The van der Waals surface area contributed by atoms with Crippen LogP contribution < -0.4 is 25.4 Å². The molecule has 28 heavy (non-hydrogen) atoms. The second-order valence-corrected chi connectivity index (χ2v) is 5.69. The topological polar surface area (TPSA) is 97.1 Å². The third-order valence-electron chi connectivity index (χ3n) is 3.63. The highest BCUT2D eigenvalue weighted by atomic mass is 127. The van der Waals surface area contributed by atoms with E-state index in [0.717, 1.165) is 0 Å². The Labute approximate surface area is 182 Å². The molecule has 3 N–H and O–H groups in total. The lowest BCUT2D eigenvalue weighted by Crippen LogP contribution is -2.44. The molecule has 1 aromatic heterocycles. The van der Waals surface area contributed by atoms with Crippen LogP contribution in [0.25, 0.3) is 0 Å². The van der Waals surface area contributed by atoms with Gasteiger partial charge in [0.2, 0.25) is 0 Å². The highest BCUT2D eigenvalue weighted by Gasteiger charge is 2.10. The first kappa shape index (κ1) is 23.6. The van der Waals surface area contributed by atoms with Crippen LogP contribution in [0.5, 0.6) is 11.5 Å². The van der Waals surface area contributed by atoms with Crippen LogP contribution in [0.15, 0.2) is 52.1 Å². The number of hydrogen-bond donors (Lipinski definition) is 3. The number of halogens is 1. The number of amides is 1. The quantitative estimate of drug-likeness (QED) is 0.211. The lowest BCUT2D eigenvalue weighted by atomic mass is 10.3. The maximum Gasteiger partial charge on any atom is 0.287 e. The van der Waals surface area contributed by atoms with Gasteiger partial charge in [-0.15, -0.1) is 24.0 Å². The zero-order chi connectivity index (χ0) is 19.5. The second kappa shape index (κ2) is 12.9. The van der Waals surface area contributed by atoms with Gasteiger partial charge in [0.05, 0.1) is 19.9 Å². The van der Waals surface area contributed by atoms with Crippen LogP contribution in [-0.4, -0.2) is 51.8 Å². The highest BCUT2D eigenvalue weighted by molar-refractivity contribution is 14.0. The van der Waals surface area contributed by atoms with Gasteiger partial charge in [-0.25, -0.2) is 0 Å². The van der Waals surface area contributed by atoms with E-state index in [1.54, 1.807) is 26.3 Å². The molecule has 0 spiro atoms. The maximum atomic E-state index is 11.8. The first-order chi connectivity index (χ1) is 13.1. The van der Waals surface area contributed by atoms with E-state index in [1.165, 1.54) is 6.26 Å². The number of carbonyl (C=O) groups is 1. The van der Waals surface area contributed by atoms with Crippen LogP contribution >= 0.6 is 24.0 Å². The lowest BCUT2D eigenvalue weighted by Gasteiger charge is -2.19. The molecule has 0 saturated heterocycles. The summed E-state index contributed by atoms with van der Waals surface area (Å²) in [5.41, 5.74) is 0. The van der Waals surface area contributed by atoms with Gasteiger partial charge in [0.1, 0.15) is 6.10 Å². The monoisotopic (exact) mass is 502 g/mol. The van der Waals surface area contributed by atoms with E-state index in [0.29, 0.717) is 42.9 Å². The number of nitrogens with one attached hydrogen (secondary N) is 3. The van der Waals surface area contributed by atoms with Crippen LogP contribution in [-0.2, 0) is 0 Å². The van der Waals surface area contributed by atoms with E-state index in [4.69, 9.17) is 13.9 Å². The second-order valence-electron chi connectivity index (χ2n) is 5.69. The third-order valence-corrected chi connectivity index (χ3v) is 3.63. The molecule has 8 nitrogen and oxygen atoms in total. The van der Waals surface area contributed by atoms with Gasteiger partial charge in [0.15, 0.2) is 23.2 Å². The minimum absolute atomic E-state index is 0. The lowest BCUT2D eigenvalue weighted by molar-refractivity contribution is 0.0926. The van der Waals surface area contributed by atoms with Crippen LogP contribution in [0.4, 0.5) is 0 Å². The number of benzene rings is 1. The summed E-state index contributed by atoms with van der Waals surface area (Å²) in [6.45, 7) is 3.47. The van der Waals surface area contributed by atoms with Crippen molar-refractivity contribution in [2.24, 2.45) is 4.99 Å². The number of ether oxygens (including phenoxy) is 2. The van der Waals surface area contributed by atoms with Gasteiger partial charge in [-0.3, -0.25) is 9.79 Å². The Kier molecular flexibility index (Phi) is 10.8. The van der Waals surface area contributed by atoms with Crippen molar-refractivity contribution in [3.63, 3.8) is 0 Å². The number of nitrogens with zero attached hydrogens (tertiary/aromatic N) is 1. The summed E-state index contributed by atoms with van der Waals surface area (Å²) in [4.78, 5) is 15.9. The molecule has 0 radical (unpaired) electrons. The molecule has 9 heteroatoms. The van der Waals surface area contributed by atoms with Crippen molar-refractivity contribution < 1.29 is 18.7 Å². The van der Waals surface area contributed by atoms with Crippen molar-refractivity contribution in [3.05, 3.63) is 48.4 Å². The van der Waals surface area contributed by atoms with Crippen molar-refractivity contribution in [2.45, 2.75) is 13.0 Å². The molecule has 1 amide bonds. The predicted octanol–water partition coefficient (Wildman–Crippen LogP) is 2.27. The van der Waals surface area contributed by atoms with E-state index < -0.39 is 0 Å². The standard InChI is InChI=1S/C19H26N4O4.HI/c1-14(27-16-8-5-4-7-15(16)25-3)13-23-19(20-2)22-11-10-21-18(24)17-9-6-12-26-17;/h4-9,12,14H,10-11,13H2,1-3H3,(H,21,24)(H2,20,22,23);1H. The number of rotatable bonds is 9. The fraction of sp³-hybridized carbons (Fsp3) is 0.368. The Hall–Kier alpha value is -2.43. The summed E-state index contributed by atoms with van der Waals surface area (Å²) in [5.74, 6) is 2.05. The van der Waals surface area contributed by atoms with Crippen LogP contribution in [0.3, 0.4) is 0 Å². The van der Waals surface area contributed by atoms with E-state index in [1.807, 2.05) is 31.2 Å². The Balaban J connectivity index is 0.00000392. The average molecular weight is 502 g/mol. The molecule has 2 aromatic rings. The summed E-state index contributed by atoms with van der Waals surface area (Å²) in [7, 11) is 3.30. The van der Waals surface area contributed by atoms with Crippen molar-refractivity contribution >= 4 is 35.8 Å². The Bertz CT molecular complexity index is 737. The van der Waals surface area contributed by atoms with Crippen molar-refractivity contribution in [1.82, 2.24) is 16.0 Å². The summed E-state index contributed by atoms with van der Waals surface area (Å²) >= 11 is 0. The highest BCUT2D eigenvalue weighted by Crippen LogP contribution is 2.26. The van der Waals surface area contributed by atoms with E-state index >= 15 is 0 Å². The predicted molar refractivity (Wildman–Crippen MR) is 119 cm³/mol. The van der Waals surface area contributed by atoms with Crippen molar-refractivity contribution in [1.29, 1.82) is 0 Å². The van der Waals surface area contributed by atoms with Gasteiger partial charge in [-0.2, -0.15) is 0 Å². The first-order valence-electron chi connectivity index (χ1n) is 8.70. The number of methoxy groups -OCH3 is 1. The smallest absolute Gasteiger partial charge is 0.287 e. The maximum absolute atomic E-state index is 11.8. The van der Waals surface area contributed by atoms with Gasteiger partial charge in [0, 0.05) is 20.1 Å². The molecule has 0 aliphatic carbocycles. The minimum atomic E-state index is -0.247. The molecule has 154 valence electrons. The molecule has 0 aliphatic rings. The molecule has 1 atom stereocenters. The number of guanidine groups is 1. The molecular formula is C19H27IN4O4. The summed E-state index contributed by atoms with van der Waals surface area (Å²) in [5, 5.41) is 9.07. The van der Waals surface area contributed by atoms with Gasteiger partial charge in [-0.05, 0) is 31.2 Å². The molecule has 1 heterocycles. The van der Waals surface area contributed by atoms with Gasteiger partial charge >= 0.3 is 0 Å². The number of aliphatic imine (C=N–C) groups is 1. The number of para-hydroxylation sites is 2. The molecule has 0 fully saturated rings. The van der Waals surface area contributed by atoms with Crippen molar-refractivity contribution in [2.75, 3.05) is 33.8 Å². The number of hydrogen-bond acceptors (Lipinski definition) is 5. The molecule has 0 saturated carbocycles. The van der Waals surface area contributed by atoms with Crippen LogP contribution in [0.2, 0.25) is 0 Å². The van der Waals surface area contributed by atoms with Crippen molar-refractivity contribution in [3.8, 4) is 11.5 Å². The van der Waals surface area contributed by atoms with Gasteiger partial charge in [0.25, 0.3) is 5.91 Å². The average Bonchev–Trinajstić information content (AvgIpc) is 3.22. The SMILES string of the molecule is CN=C(NCCNC(=O)c1ccco1)NCC(C)Oc1ccccc1OC.I. The molecule has 0 bridgehead atoms. The first-order valence-corrected chi connectivity index (χ1v) is 8.70. The van der Waals surface area contributed by atoms with E-state index in [2.05, 4.69) is 20.9 Å². The molecule has 0 aliphatic heterocycles. The zero-order valence-electron chi connectivity index (χ0n) is 16.2. The van der Waals surface area contributed by atoms with Crippen LogP contribution in [0, 0.1) is 0 Å². The fourth-order valence-electron chi connectivity index (χ4n) is 2.29. The summed E-state index contributed by atoms with van der Waals surface area (Å²) < 4.78 is 16.2. The Morgan fingerprint density at radius 2 is 1.82 bits per heavy atom. The normalized spacial score (nSPS) is 11.8. The molecular weight excluding hydrogens is 475 g/mol. The number of carbonyl (C=O) groups excluding carboxylic acids is 1. The largest absolute Gasteiger partial charge is 0.493 e. The Morgan fingerprint density at radius 3 is 2.46 bits per heavy atom. The van der Waals surface area contributed by atoms with Gasteiger partial charge in [-0.1, -0.05) is 12.1 Å². The molecule has 1 unspecified atom stereocenters. The summed E-state index contributed by atoms with van der Waals surface area (Å²) in [6, 6.07) is 10.8. The zero-order valence-corrected chi connectivity index (χ0v) is 18.6. The minimum Gasteiger partial charge on any atom is -0.493 e.